The van der Waals surface area contributed by atoms with Gasteiger partial charge in [-0.1, -0.05) is 22.6 Å². The van der Waals surface area contributed by atoms with Crippen molar-refractivity contribution >= 4 is 26.5 Å². The largest absolute Gasteiger partial charge is 0.348 e. The van der Waals surface area contributed by atoms with Gasteiger partial charge in [0, 0.05) is 25.2 Å². The normalized spacial score (nSPS) is 16.1. The van der Waals surface area contributed by atoms with Crippen molar-refractivity contribution in [2.24, 2.45) is 5.14 Å². The Balaban J connectivity index is 1.43. The highest BCUT2D eigenvalue weighted by atomic mass is 32.2. The van der Waals surface area contributed by atoms with Gasteiger partial charge in [-0.15, -0.1) is 0 Å². The molecule has 4 rings (SSSR count). The molecule has 1 fully saturated rings. The van der Waals surface area contributed by atoms with Crippen LogP contribution >= 0.6 is 11.3 Å². The van der Waals surface area contributed by atoms with Crippen LogP contribution in [0.4, 0.5) is 5.13 Å². The van der Waals surface area contributed by atoms with Gasteiger partial charge in [-0.05, 0) is 25.0 Å². The number of rotatable bonds is 4. The van der Waals surface area contributed by atoms with Crippen LogP contribution in [0, 0.1) is 0 Å². The lowest BCUT2D eigenvalue weighted by Gasteiger charge is -2.29. The van der Waals surface area contributed by atoms with Crippen LogP contribution in [0.1, 0.15) is 24.7 Å². The second kappa shape index (κ2) is 6.74. The zero-order valence-electron chi connectivity index (χ0n) is 13.6. The van der Waals surface area contributed by atoms with Gasteiger partial charge in [-0.3, -0.25) is 4.98 Å². The summed E-state index contributed by atoms with van der Waals surface area (Å²) in [6.45, 7) is 1.45. The molecule has 1 aliphatic heterocycles. The smallest absolute Gasteiger partial charge is 0.249 e. The Labute approximate surface area is 153 Å². The molecule has 3 aromatic heterocycles. The Hall–Kier alpha value is -2.37. The van der Waals surface area contributed by atoms with Crippen molar-refractivity contribution in [3.63, 3.8) is 0 Å². The van der Waals surface area contributed by atoms with E-state index in [1.165, 1.54) is 6.20 Å². The zero-order chi connectivity index (χ0) is 18.1. The fourth-order valence-electron chi connectivity index (χ4n) is 2.85. The average molecular weight is 392 g/mol. The molecule has 0 spiro atoms. The van der Waals surface area contributed by atoms with Gasteiger partial charge in [0.25, 0.3) is 0 Å². The quantitative estimate of drug-likeness (QED) is 0.709. The van der Waals surface area contributed by atoms with E-state index in [-0.39, 0.29) is 10.1 Å². The Bertz CT molecular complexity index is 993. The zero-order valence-corrected chi connectivity index (χ0v) is 15.3. The average Bonchev–Trinajstić information content (AvgIpc) is 3.32. The summed E-state index contributed by atoms with van der Waals surface area (Å²) in [7, 11) is -3.71. The minimum Gasteiger partial charge on any atom is -0.348 e. The number of piperidine rings is 1. The van der Waals surface area contributed by atoms with Crippen LogP contribution in [-0.2, 0) is 10.0 Å². The number of aromatic nitrogens is 4. The third-order valence-electron chi connectivity index (χ3n) is 4.20. The van der Waals surface area contributed by atoms with E-state index in [4.69, 9.17) is 9.66 Å². The lowest BCUT2D eigenvalue weighted by molar-refractivity contribution is 0.329. The van der Waals surface area contributed by atoms with Gasteiger partial charge in [0.15, 0.2) is 9.34 Å². The van der Waals surface area contributed by atoms with Crippen LogP contribution in [0.2, 0.25) is 0 Å². The van der Waals surface area contributed by atoms with E-state index in [0.29, 0.717) is 22.5 Å². The molecule has 0 aliphatic carbocycles. The van der Waals surface area contributed by atoms with Gasteiger partial charge in [0.1, 0.15) is 5.69 Å². The van der Waals surface area contributed by atoms with Gasteiger partial charge < -0.3 is 9.42 Å². The number of thiazole rings is 1. The molecule has 0 radical (unpaired) electrons. The first-order valence-corrected chi connectivity index (χ1v) is 10.4. The van der Waals surface area contributed by atoms with Gasteiger partial charge in [-0.25, -0.2) is 18.5 Å². The monoisotopic (exact) mass is 392 g/mol. The molecule has 0 unspecified atom stereocenters. The number of nitrogens with two attached hydrogens (primary N) is 1. The van der Waals surface area contributed by atoms with Crippen molar-refractivity contribution in [1.29, 1.82) is 0 Å². The molecule has 0 aromatic carbocycles. The summed E-state index contributed by atoms with van der Waals surface area (Å²) >= 11 is 1.09. The van der Waals surface area contributed by atoms with Crippen LogP contribution < -0.4 is 10.0 Å². The minimum atomic E-state index is -3.71. The van der Waals surface area contributed by atoms with Crippen LogP contribution in [0.25, 0.3) is 11.5 Å². The van der Waals surface area contributed by atoms with Gasteiger partial charge in [0.2, 0.25) is 21.7 Å². The first-order valence-electron chi connectivity index (χ1n) is 7.99. The van der Waals surface area contributed by atoms with Crippen LogP contribution in [0.5, 0.6) is 0 Å². The molecule has 0 atom stereocenters. The fourth-order valence-corrected chi connectivity index (χ4v) is 4.44. The molecule has 0 amide bonds. The maximum absolute atomic E-state index is 11.4. The third-order valence-corrected chi connectivity index (χ3v) is 6.67. The predicted molar refractivity (Wildman–Crippen MR) is 95.2 cm³/mol. The molecular formula is C15H16N6O3S2. The van der Waals surface area contributed by atoms with Crippen molar-refractivity contribution in [1.82, 2.24) is 20.1 Å². The van der Waals surface area contributed by atoms with Crippen LogP contribution in [0.3, 0.4) is 0 Å². The van der Waals surface area contributed by atoms with E-state index in [1.807, 2.05) is 23.1 Å². The van der Waals surface area contributed by atoms with Gasteiger partial charge >= 0.3 is 0 Å². The van der Waals surface area contributed by atoms with Crippen LogP contribution in [-0.4, -0.2) is 41.6 Å². The standard InChI is InChI=1S/C15H16N6O3S2/c16-26(22,23)12-9-18-15(25-12)21-7-4-10(5-8-21)14-19-13(20-24-14)11-3-1-2-6-17-11/h1-3,6,9-10H,4-5,7-8H2,(H2,16,22,23). The van der Waals surface area contributed by atoms with E-state index in [1.54, 1.807) is 6.20 Å². The number of hydrogen-bond acceptors (Lipinski definition) is 9. The Morgan fingerprint density at radius 3 is 2.69 bits per heavy atom. The number of anilines is 1. The third kappa shape index (κ3) is 3.45. The molecule has 11 heteroatoms. The van der Waals surface area contributed by atoms with Gasteiger partial charge in [0.05, 0.1) is 6.20 Å². The van der Waals surface area contributed by atoms with Crippen molar-refractivity contribution in [3.8, 4) is 11.5 Å². The fraction of sp³-hybridized carbons (Fsp3) is 0.333. The topological polar surface area (TPSA) is 128 Å². The molecule has 3 aromatic rings. The molecule has 1 saturated heterocycles. The predicted octanol–water partition coefficient (Wildman–Crippen LogP) is 1.62. The maximum Gasteiger partial charge on any atom is 0.249 e. The number of nitrogens with zero attached hydrogens (tertiary/aromatic N) is 5. The van der Waals surface area contributed by atoms with Crippen molar-refractivity contribution in [3.05, 3.63) is 36.5 Å². The highest BCUT2D eigenvalue weighted by Gasteiger charge is 2.27. The van der Waals surface area contributed by atoms with Gasteiger partial charge in [-0.2, -0.15) is 4.98 Å². The highest BCUT2D eigenvalue weighted by Crippen LogP contribution is 2.33. The number of hydrogen-bond donors (Lipinski definition) is 1. The molecule has 4 heterocycles. The minimum absolute atomic E-state index is 0.0755. The maximum atomic E-state index is 11.4. The molecule has 9 nitrogen and oxygen atoms in total. The summed E-state index contributed by atoms with van der Waals surface area (Å²) in [5.41, 5.74) is 0.679. The van der Waals surface area contributed by atoms with E-state index in [2.05, 4.69) is 20.1 Å². The lowest BCUT2D eigenvalue weighted by atomic mass is 9.97. The summed E-state index contributed by atoms with van der Waals surface area (Å²) in [4.78, 5) is 14.9. The molecule has 1 aliphatic rings. The highest BCUT2D eigenvalue weighted by molar-refractivity contribution is 7.91. The summed E-state index contributed by atoms with van der Waals surface area (Å²) in [5.74, 6) is 1.25. The Morgan fingerprint density at radius 2 is 2.04 bits per heavy atom. The molecular weight excluding hydrogens is 376 g/mol. The second-order valence-electron chi connectivity index (χ2n) is 5.94. The van der Waals surface area contributed by atoms with Crippen molar-refractivity contribution in [2.75, 3.05) is 18.0 Å². The lowest BCUT2D eigenvalue weighted by Crippen LogP contribution is -2.32. The molecule has 136 valence electrons. The Morgan fingerprint density at radius 1 is 1.23 bits per heavy atom. The summed E-state index contributed by atoms with van der Waals surface area (Å²) < 4.78 is 28.3. The second-order valence-corrected chi connectivity index (χ2v) is 8.74. The number of primary sulfonamides is 1. The summed E-state index contributed by atoms with van der Waals surface area (Å²) in [5, 5.41) is 9.81. The molecule has 0 saturated carbocycles. The van der Waals surface area contributed by atoms with E-state index >= 15 is 0 Å². The SMILES string of the molecule is NS(=O)(=O)c1cnc(N2CCC(c3nc(-c4ccccn4)no3)CC2)s1. The van der Waals surface area contributed by atoms with E-state index in [0.717, 1.165) is 37.3 Å². The van der Waals surface area contributed by atoms with Crippen molar-refractivity contribution in [2.45, 2.75) is 23.0 Å². The Kier molecular flexibility index (Phi) is 4.42. The first kappa shape index (κ1) is 17.1. The molecule has 0 bridgehead atoms. The number of sulfonamides is 1. The molecule has 26 heavy (non-hydrogen) atoms. The van der Waals surface area contributed by atoms with E-state index < -0.39 is 10.0 Å². The first-order chi connectivity index (χ1) is 12.5. The molecule has 2 N–H and O–H groups in total. The summed E-state index contributed by atoms with van der Waals surface area (Å²) in [6.07, 6.45) is 4.62. The van der Waals surface area contributed by atoms with E-state index in [9.17, 15) is 8.42 Å². The summed E-state index contributed by atoms with van der Waals surface area (Å²) in [6, 6.07) is 5.55. The van der Waals surface area contributed by atoms with Crippen molar-refractivity contribution < 1.29 is 12.9 Å². The number of pyridine rings is 1. The van der Waals surface area contributed by atoms with Crippen LogP contribution in [0.15, 0.2) is 39.3 Å².